The van der Waals surface area contributed by atoms with Crippen molar-refractivity contribution in [2.24, 2.45) is 0 Å². The number of hydrogen-bond donors (Lipinski definition) is 2. The van der Waals surface area contributed by atoms with E-state index >= 15 is 0 Å². The lowest BCUT2D eigenvalue weighted by atomic mass is 10.3. The highest BCUT2D eigenvalue weighted by Crippen LogP contribution is 2.05. The van der Waals surface area contributed by atoms with Gasteiger partial charge in [0, 0.05) is 19.3 Å². The molecule has 0 aliphatic rings. The molecule has 5 nitrogen and oxygen atoms in total. The molecule has 6 heteroatoms. The van der Waals surface area contributed by atoms with E-state index in [0.29, 0.717) is 13.1 Å². The summed E-state index contributed by atoms with van der Waals surface area (Å²) in [5.41, 5.74) is 2.18. The molecule has 2 heterocycles. The van der Waals surface area contributed by atoms with Gasteiger partial charge in [0.05, 0.1) is 18.8 Å². The molecule has 0 atom stereocenters. The van der Waals surface area contributed by atoms with Crippen molar-refractivity contribution in [1.82, 2.24) is 20.3 Å². The van der Waals surface area contributed by atoms with Crippen molar-refractivity contribution in [2.75, 3.05) is 6.61 Å². The largest absolute Gasteiger partial charge is 0.394 e. The van der Waals surface area contributed by atoms with Crippen LogP contribution >= 0.6 is 11.3 Å². The van der Waals surface area contributed by atoms with Gasteiger partial charge >= 0.3 is 0 Å². The number of thiophene rings is 1. The molecule has 2 aromatic heterocycles. The first kappa shape index (κ1) is 11.3. The van der Waals surface area contributed by atoms with Crippen LogP contribution in [0, 0.1) is 0 Å². The van der Waals surface area contributed by atoms with Crippen molar-refractivity contribution >= 4 is 11.3 Å². The Kier molecular flexibility index (Phi) is 4.03. The van der Waals surface area contributed by atoms with Crippen LogP contribution in [0.1, 0.15) is 11.3 Å². The van der Waals surface area contributed by atoms with E-state index < -0.39 is 0 Å². The van der Waals surface area contributed by atoms with Crippen LogP contribution in [-0.2, 0) is 19.6 Å². The summed E-state index contributed by atoms with van der Waals surface area (Å²) in [4.78, 5) is 0. The van der Waals surface area contributed by atoms with Gasteiger partial charge in [-0.05, 0) is 22.4 Å². The molecule has 0 fully saturated rings. The molecular weight excluding hydrogens is 224 g/mol. The predicted molar refractivity (Wildman–Crippen MR) is 62.0 cm³/mol. The second-order valence-electron chi connectivity index (χ2n) is 3.43. The number of rotatable bonds is 6. The smallest absolute Gasteiger partial charge is 0.0964 e. The summed E-state index contributed by atoms with van der Waals surface area (Å²) >= 11 is 1.70. The maximum atomic E-state index is 8.73. The minimum Gasteiger partial charge on any atom is -0.394 e. The van der Waals surface area contributed by atoms with Gasteiger partial charge in [0.25, 0.3) is 0 Å². The third-order valence-electron chi connectivity index (χ3n) is 2.13. The number of nitrogens with one attached hydrogen (secondary N) is 1. The molecule has 2 N–H and O–H groups in total. The van der Waals surface area contributed by atoms with Crippen molar-refractivity contribution in [3.05, 3.63) is 34.3 Å². The topological polar surface area (TPSA) is 63.0 Å². The number of aromatic nitrogens is 3. The second-order valence-corrected chi connectivity index (χ2v) is 4.21. The van der Waals surface area contributed by atoms with E-state index in [0.717, 1.165) is 12.2 Å². The van der Waals surface area contributed by atoms with Crippen LogP contribution in [0.5, 0.6) is 0 Å². The van der Waals surface area contributed by atoms with Crippen LogP contribution in [0.15, 0.2) is 23.0 Å². The SMILES string of the molecule is OCCn1cc(CNCc2ccsc2)nn1. The summed E-state index contributed by atoms with van der Waals surface area (Å²) in [6.07, 6.45) is 1.84. The average molecular weight is 238 g/mol. The van der Waals surface area contributed by atoms with E-state index in [4.69, 9.17) is 5.11 Å². The van der Waals surface area contributed by atoms with E-state index in [1.54, 1.807) is 16.0 Å². The molecule has 2 rings (SSSR count). The van der Waals surface area contributed by atoms with Crippen LogP contribution < -0.4 is 5.32 Å². The van der Waals surface area contributed by atoms with Gasteiger partial charge in [-0.15, -0.1) is 5.10 Å². The van der Waals surface area contributed by atoms with E-state index in [1.165, 1.54) is 5.56 Å². The first-order chi connectivity index (χ1) is 7.88. The Hall–Kier alpha value is -1.24. The lowest BCUT2D eigenvalue weighted by Crippen LogP contribution is -2.12. The summed E-state index contributed by atoms with van der Waals surface area (Å²) in [6, 6.07) is 2.10. The molecular formula is C10H14N4OS. The van der Waals surface area contributed by atoms with Crippen LogP contribution in [0.25, 0.3) is 0 Å². The lowest BCUT2D eigenvalue weighted by molar-refractivity contribution is 0.268. The third-order valence-corrected chi connectivity index (χ3v) is 2.86. The summed E-state index contributed by atoms with van der Waals surface area (Å²) < 4.78 is 1.64. The Morgan fingerprint density at radius 3 is 3.12 bits per heavy atom. The number of aliphatic hydroxyl groups is 1. The summed E-state index contributed by atoms with van der Waals surface area (Å²) in [7, 11) is 0. The molecule has 0 unspecified atom stereocenters. The third kappa shape index (κ3) is 3.13. The highest BCUT2D eigenvalue weighted by atomic mass is 32.1. The van der Waals surface area contributed by atoms with Gasteiger partial charge in [0.1, 0.15) is 0 Å². The minimum atomic E-state index is 0.0884. The minimum absolute atomic E-state index is 0.0884. The normalized spacial score (nSPS) is 10.8. The van der Waals surface area contributed by atoms with Gasteiger partial charge in [-0.3, -0.25) is 0 Å². The van der Waals surface area contributed by atoms with Crippen molar-refractivity contribution in [2.45, 2.75) is 19.6 Å². The highest BCUT2D eigenvalue weighted by Gasteiger charge is 2.00. The van der Waals surface area contributed by atoms with Gasteiger partial charge in [0.15, 0.2) is 0 Å². The standard InChI is InChI=1S/C10H14N4OS/c15-3-2-14-7-10(12-13-14)6-11-5-9-1-4-16-8-9/h1,4,7-8,11,15H,2-3,5-6H2. The Morgan fingerprint density at radius 2 is 2.38 bits per heavy atom. The predicted octanol–water partition coefficient (Wildman–Crippen LogP) is 0.622. The molecule has 0 aromatic carbocycles. The number of aliphatic hydroxyl groups excluding tert-OH is 1. The summed E-state index contributed by atoms with van der Waals surface area (Å²) in [5.74, 6) is 0. The Labute approximate surface area is 97.7 Å². The molecule has 0 saturated heterocycles. The zero-order valence-corrected chi connectivity index (χ0v) is 9.65. The molecule has 0 aliphatic carbocycles. The highest BCUT2D eigenvalue weighted by molar-refractivity contribution is 7.07. The Bertz CT molecular complexity index is 412. The van der Waals surface area contributed by atoms with E-state index in [2.05, 4.69) is 32.5 Å². The quantitative estimate of drug-likeness (QED) is 0.774. The fourth-order valence-electron chi connectivity index (χ4n) is 1.36. The van der Waals surface area contributed by atoms with Gasteiger partial charge in [-0.2, -0.15) is 11.3 Å². The van der Waals surface area contributed by atoms with E-state index in [9.17, 15) is 0 Å². The molecule has 86 valence electrons. The molecule has 0 amide bonds. The van der Waals surface area contributed by atoms with Gasteiger partial charge in [0.2, 0.25) is 0 Å². The fraction of sp³-hybridized carbons (Fsp3) is 0.400. The van der Waals surface area contributed by atoms with Crippen molar-refractivity contribution in [3.8, 4) is 0 Å². The summed E-state index contributed by atoms with van der Waals surface area (Å²) in [5, 5.41) is 24.1. The first-order valence-corrected chi connectivity index (χ1v) is 6.04. The van der Waals surface area contributed by atoms with E-state index in [1.807, 2.05) is 6.20 Å². The molecule has 0 saturated carbocycles. The zero-order valence-electron chi connectivity index (χ0n) is 8.83. The van der Waals surface area contributed by atoms with Gasteiger partial charge < -0.3 is 10.4 Å². The first-order valence-electron chi connectivity index (χ1n) is 5.10. The zero-order chi connectivity index (χ0) is 11.2. The Balaban J connectivity index is 1.76. The maximum Gasteiger partial charge on any atom is 0.0964 e. The van der Waals surface area contributed by atoms with Crippen LogP contribution in [0.2, 0.25) is 0 Å². The van der Waals surface area contributed by atoms with Crippen molar-refractivity contribution < 1.29 is 5.11 Å². The number of nitrogens with zero attached hydrogens (tertiary/aromatic N) is 3. The van der Waals surface area contributed by atoms with E-state index in [-0.39, 0.29) is 6.61 Å². The van der Waals surface area contributed by atoms with Crippen molar-refractivity contribution in [1.29, 1.82) is 0 Å². The maximum absolute atomic E-state index is 8.73. The summed E-state index contributed by atoms with van der Waals surface area (Å²) in [6.45, 7) is 2.13. The molecule has 0 aliphatic heterocycles. The fourth-order valence-corrected chi connectivity index (χ4v) is 2.03. The molecule has 2 aromatic rings. The average Bonchev–Trinajstić information content (AvgIpc) is 2.90. The van der Waals surface area contributed by atoms with Crippen LogP contribution in [-0.4, -0.2) is 26.7 Å². The Morgan fingerprint density at radius 1 is 1.44 bits per heavy atom. The van der Waals surface area contributed by atoms with Crippen LogP contribution in [0.3, 0.4) is 0 Å². The molecule has 16 heavy (non-hydrogen) atoms. The molecule has 0 radical (unpaired) electrons. The lowest BCUT2D eigenvalue weighted by Gasteiger charge is -1.99. The monoisotopic (exact) mass is 238 g/mol. The van der Waals surface area contributed by atoms with Crippen LogP contribution in [0.4, 0.5) is 0 Å². The van der Waals surface area contributed by atoms with Gasteiger partial charge in [-0.25, -0.2) is 4.68 Å². The van der Waals surface area contributed by atoms with Gasteiger partial charge in [-0.1, -0.05) is 5.21 Å². The molecule has 0 bridgehead atoms. The second kappa shape index (κ2) is 5.74. The molecule has 0 spiro atoms. The number of hydrogen-bond acceptors (Lipinski definition) is 5. The van der Waals surface area contributed by atoms with Crippen molar-refractivity contribution in [3.63, 3.8) is 0 Å².